The number of halogens is 2. The average molecular weight is 357 g/mol. The van der Waals surface area contributed by atoms with Crippen LogP contribution in [-0.2, 0) is 6.54 Å². The summed E-state index contributed by atoms with van der Waals surface area (Å²) in [5.74, 6) is -0.173. The van der Waals surface area contributed by atoms with E-state index in [1.807, 2.05) is 6.07 Å². The number of nitrogens with zero attached hydrogens (tertiary/aromatic N) is 1. The van der Waals surface area contributed by atoms with E-state index in [1.165, 1.54) is 18.9 Å². The molecule has 1 N–H and O–H groups in total. The van der Waals surface area contributed by atoms with E-state index in [1.54, 1.807) is 6.07 Å². The van der Waals surface area contributed by atoms with Gasteiger partial charge in [0.1, 0.15) is 5.82 Å². The summed E-state index contributed by atoms with van der Waals surface area (Å²) in [5.41, 5.74) is 1.20. The third kappa shape index (κ3) is 4.05. The van der Waals surface area contributed by atoms with Gasteiger partial charge in [-0.1, -0.05) is 32.4 Å². The zero-order chi connectivity index (χ0) is 15.5. The molecular weight excluding hydrogens is 331 g/mol. The highest BCUT2D eigenvalue weighted by atomic mass is 79.9. The topological polar surface area (TPSA) is 15.3 Å². The molecule has 0 radical (unpaired) electrons. The molecule has 118 valence electrons. The Balaban J connectivity index is 2.17. The Bertz CT molecular complexity index is 480. The third-order valence-electron chi connectivity index (χ3n) is 4.64. The summed E-state index contributed by atoms with van der Waals surface area (Å²) in [5, 5.41) is 3.69. The summed E-state index contributed by atoms with van der Waals surface area (Å²) >= 11 is 3.39. The number of benzene rings is 1. The van der Waals surface area contributed by atoms with Gasteiger partial charge in [-0.25, -0.2) is 4.39 Å². The predicted octanol–water partition coefficient (Wildman–Crippen LogP) is 4.33. The maximum absolute atomic E-state index is 13.7. The Labute approximate surface area is 136 Å². The Morgan fingerprint density at radius 1 is 1.43 bits per heavy atom. The first-order valence-corrected chi connectivity index (χ1v) is 8.70. The quantitative estimate of drug-likeness (QED) is 0.844. The second kappa shape index (κ2) is 7.21. The first-order valence-electron chi connectivity index (χ1n) is 7.91. The molecule has 1 aromatic carbocycles. The molecule has 2 nitrogen and oxygen atoms in total. The Kier molecular flexibility index (Phi) is 5.81. The fraction of sp³-hybridized carbons (Fsp3) is 0.647. The number of hydrogen-bond acceptors (Lipinski definition) is 2. The van der Waals surface area contributed by atoms with Gasteiger partial charge in [0.2, 0.25) is 0 Å². The van der Waals surface area contributed by atoms with Crippen LogP contribution in [0.5, 0.6) is 0 Å². The molecule has 4 heteroatoms. The predicted molar refractivity (Wildman–Crippen MR) is 89.9 cm³/mol. The average Bonchev–Trinajstić information content (AvgIpc) is 2.47. The first-order chi connectivity index (χ1) is 9.99. The van der Waals surface area contributed by atoms with Crippen LogP contribution < -0.4 is 5.32 Å². The van der Waals surface area contributed by atoms with Crippen LogP contribution in [0.2, 0.25) is 0 Å². The molecule has 1 heterocycles. The normalized spacial score (nSPS) is 27.0. The Morgan fingerprint density at radius 2 is 2.19 bits per heavy atom. The van der Waals surface area contributed by atoms with Crippen molar-refractivity contribution >= 4 is 15.9 Å². The van der Waals surface area contributed by atoms with E-state index in [0.717, 1.165) is 31.6 Å². The summed E-state index contributed by atoms with van der Waals surface area (Å²) in [6.07, 6.45) is 3.46. The molecule has 2 atom stereocenters. The van der Waals surface area contributed by atoms with Gasteiger partial charge >= 0.3 is 0 Å². The van der Waals surface area contributed by atoms with Crippen LogP contribution in [-0.4, -0.2) is 29.6 Å². The molecule has 1 aliphatic heterocycles. The third-order valence-corrected chi connectivity index (χ3v) is 5.53. The summed E-state index contributed by atoms with van der Waals surface area (Å²) < 4.78 is 14.3. The van der Waals surface area contributed by atoms with Crippen LogP contribution in [0, 0.1) is 5.82 Å². The van der Waals surface area contributed by atoms with Gasteiger partial charge < -0.3 is 5.32 Å². The van der Waals surface area contributed by atoms with Gasteiger partial charge in [-0.05, 0) is 47.3 Å². The number of hydrogen-bond donors (Lipinski definition) is 1. The fourth-order valence-corrected chi connectivity index (χ4v) is 3.45. The molecule has 1 fully saturated rings. The first kappa shape index (κ1) is 16.9. The van der Waals surface area contributed by atoms with Crippen LogP contribution in [0.1, 0.15) is 45.6 Å². The van der Waals surface area contributed by atoms with E-state index in [4.69, 9.17) is 0 Å². The zero-order valence-electron chi connectivity index (χ0n) is 13.3. The molecule has 2 unspecified atom stereocenters. The van der Waals surface area contributed by atoms with Crippen LogP contribution in [0.25, 0.3) is 0 Å². The van der Waals surface area contributed by atoms with Crippen molar-refractivity contribution in [3.05, 3.63) is 34.1 Å². The highest BCUT2D eigenvalue weighted by Crippen LogP contribution is 2.27. The van der Waals surface area contributed by atoms with Gasteiger partial charge in [-0.3, -0.25) is 4.90 Å². The lowest BCUT2D eigenvalue weighted by molar-refractivity contribution is 0.0723. The van der Waals surface area contributed by atoms with Crippen LogP contribution in [0.15, 0.2) is 22.7 Å². The molecule has 2 rings (SSSR count). The number of nitrogens with one attached hydrogen (secondary N) is 1. The lowest BCUT2D eigenvalue weighted by Gasteiger charge is -2.46. The van der Waals surface area contributed by atoms with Gasteiger partial charge in [0, 0.05) is 31.2 Å². The Hall–Kier alpha value is -0.450. The van der Waals surface area contributed by atoms with Crippen LogP contribution >= 0.6 is 15.9 Å². The van der Waals surface area contributed by atoms with Gasteiger partial charge in [0.05, 0.1) is 4.47 Å². The molecule has 1 aromatic rings. The van der Waals surface area contributed by atoms with E-state index in [0.29, 0.717) is 10.5 Å². The van der Waals surface area contributed by atoms with Crippen molar-refractivity contribution in [2.24, 2.45) is 0 Å². The van der Waals surface area contributed by atoms with Crippen molar-refractivity contribution in [2.75, 3.05) is 13.1 Å². The highest BCUT2D eigenvalue weighted by molar-refractivity contribution is 9.10. The summed E-state index contributed by atoms with van der Waals surface area (Å²) in [6.45, 7) is 9.57. The molecule has 0 aliphatic carbocycles. The Morgan fingerprint density at radius 3 is 2.86 bits per heavy atom. The fourth-order valence-electron chi connectivity index (χ4n) is 3.06. The second-order valence-electron chi connectivity index (χ2n) is 6.36. The standard InChI is InChI=1S/C17H26BrFN2/c1-4-7-14-10-20-17(3,5-2)12-21(14)11-13-8-6-9-15(19)16(13)18/h6,8-9,14,20H,4-5,7,10-12H2,1-3H3. The highest BCUT2D eigenvalue weighted by Gasteiger charge is 2.34. The molecule has 0 bridgehead atoms. The van der Waals surface area contributed by atoms with Gasteiger partial charge in [-0.2, -0.15) is 0 Å². The SMILES string of the molecule is CCCC1CNC(C)(CC)CN1Cc1cccc(F)c1Br. The van der Waals surface area contributed by atoms with E-state index in [-0.39, 0.29) is 11.4 Å². The molecule has 0 amide bonds. The number of rotatable bonds is 5. The van der Waals surface area contributed by atoms with Gasteiger partial charge in [0.25, 0.3) is 0 Å². The lowest BCUT2D eigenvalue weighted by Crippen LogP contribution is -2.62. The lowest BCUT2D eigenvalue weighted by atomic mass is 9.92. The molecule has 21 heavy (non-hydrogen) atoms. The molecule has 1 saturated heterocycles. The van der Waals surface area contributed by atoms with Gasteiger partial charge in [0.15, 0.2) is 0 Å². The van der Waals surface area contributed by atoms with Crippen molar-refractivity contribution in [1.82, 2.24) is 10.2 Å². The van der Waals surface area contributed by atoms with Crippen LogP contribution in [0.4, 0.5) is 4.39 Å². The molecule has 0 spiro atoms. The van der Waals surface area contributed by atoms with Crippen molar-refractivity contribution < 1.29 is 4.39 Å². The van der Waals surface area contributed by atoms with E-state index < -0.39 is 0 Å². The molecule has 1 aliphatic rings. The molecule has 0 aromatic heterocycles. The number of piperazine rings is 1. The van der Waals surface area contributed by atoms with Crippen molar-refractivity contribution in [3.8, 4) is 0 Å². The van der Waals surface area contributed by atoms with Crippen LogP contribution in [0.3, 0.4) is 0 Å². The maximum Gasteiger partial charge on any atom is 0.137 e. The summed E-state index contributed by atoms with van der Waals surface area (Å²) in [7, 11) is 0. The van der Waals surface area contributed by atoms with E-state index in [2.05, 4.69) is 46.9 Å². The largest absolute Gasteiger partial charge is 0.309 e. The van der Waals surface area contributed by atoms with E-state index in [9.17, 15) is 4.39 Å². The minimum absolute atomic E-state index is 0.157. The maximum atomic E-state index is 13.7. The second-order valence-corrected chi connectivity index (χ2v) is 7.15. The minimum atomic E-state index is -0.173. The van der Waals surface area contributed by atoms with Crippen molar-refractivity contribution in [2.45, 2.75) is 58.2 Å². The van der Waals surface area contributed by atoms with E-state index >= 15 is 0 Å². The summed E-state index contributed by atoms with van der Waals surface area (Å²) in [6, 6.07) is 5.85. The minimum Gasteiger partial charge on any atom is -0.309 e. The van der Waals surface area contributed by atoms with Crippen molar-refractivity contribution in [1.29, 1.82) is 0 Å². The molecule has 0 saturated carbocycles. The zero-order valence-corrected chi connectivity index (χ0v) is 14.8. The van der Waals surface area contributed by atoms with Gasteiger partial charge in [-0.15, -0.1) is 0 Å². The summed E-state index contributed by atoms with van der Waals surface area (Å²) in [4.78, 5) is 2.52. The molecular formula is C17H26BrFN2. The van der Waals surface area contributed by atoms with Crippen molar-refractivity contribution in [3.63, 3.8) is 0 Å². The smallest absolute Gasteiger partial charge is 0.137 e. The monoisotopic (exact) mass is 356 g/mol.